The second-order valence-corrected chi connectivity index (χ2v) is 7.38. The fraction of sp³-hybridized carbons (Fsp3) is 0.286. The summed E-state index contributed by atoms with van der Waals surface area (Å²) in [5.74, 6) is 2.57. The summed E-state index contributed by atoms with van der Waals surface area (Å²) in [6.45, 7) is 7.54. The molecule has 1 N–H and O–H groups in total. The van der Waals surface area contributed by atoms with Crippen LogP contribution in [0.25, 0.3) is 0 Å². The van der Waals surface area contributed by atoms with Gasteiger partial charge in [0.25, 0.3) is 0 Å². The molecule has 0 bridgehead atoms. The second kappa shape index (κ2) is 8.02. The summed E-state index contributed by atoms with van der Waals surface area (Å²) in [4.78, 5) is 18.4. The molecule has 4 rings (SSSR count). The molecule has 1 aliphatic rings. The molecule has 3 heterocycles. The van der Waals surface area contributed by atoms with Gasteiger partial charge in [-0.05, 0) is 49.7 Å². The van der Waals surface area contributed by atoms with E-state index in [4.69, 9.17) is 16.6 Å². The average molecular weight is 395 g/mol. The first-order valence-corrected chi connectivity index (χ1v) is 9.76. The molecular formula is C21H23ClN6. The van der Waals surface area contributed by atoms with Crippen LogP contribution in [0, 0.1) is 13.8 Å². The van der Waals surface area contributed by atoms with E-state index >= 15 is 0 Å². The molecule has 2 aromatic heterocycles. The van der Waals surface area contributed by atoms with Crippen LogP contribution in [0.1, 0.15) is 11.3 Å². The van der Waals surface area contributed by atoms with E-state index in [1.165, 1.54) is 0 Å². The van der Waals surface area contributed by atoms with Gasteiger partial charge in [-0.1, -0.05) is 17.7 Å². The molecular weight excluding hydrogens is 372 g/mol. The SMILES string of the molecule is Cc1cc(Nc2ccc(Cl)cc2C)nc(N2CCN(c3ccccn3)CC2)n1. The number of hydrogen-bond donors (Lipinski definition) is 1. The zero-order chi connectivity index (χ0) is 19.5. The lowest BCUT2D eigenvalue weighted by Crippen LogP contribution is -2.47. The Balaban J connectivity index is 1.48. The highest BCUT2D eigenvalue weighted by Crippen LogP contribution is 2.24. The molecule has 0 radical (unpaired) electrons. The highest BCUT2D eigenvalue weighted by molar-refractivity contribution is 6.30. The molecule has 6 nitrogen and oxygen atoms in total. The zero-order valence-corrected chi connectivity index (χ0v) is 16.8. The molecule has 0 spiro atoms. The van der Waals surface area contributed by atoms with Crippen molar-refractivity contribution < 1.29 is 0 Å². The number of halogens is 1. The van der Waals surface area contributed by atoms with Gasteiger partial charge in [-0.25, -0.2) is 9.97 Å². The van der Waals surface area contributed by atoms with Crippen LogP contribution in [0.5, 0.6) is 0 Å². The quantitative estimate of drug-likeness (QED) is 0.715. The Labute approximate surface area is 170 Å². The Morgan fingerprint density at radius 2 is 1.71 bits per heavy atom. The molecule has 0 atom stereocenters. The third-order valence-electron chi connectivity index (χ3n) is 4.83. The molecule has 144 valence electrons. The highest BCUT2D eigenvalue weighted by Gasteiger charge is 2.20. The number of anilines is 4. The number of nitrogens with one attached hydrogen (secondary N) is 1. The normalized spacial score (nSPS) is 14.2. The van der Waals surface area contributed by atoms with Crippen LogP contribution in [0.2, 0.25) is 5.02 Å². The van der Waals surface area contributed by atoms with Crippen LogP contribution in [0.4, 0.5) is 23.3 Å². The van der Waals surface area contributed by atoms with Crippen LogP contribution in [-0.4, -0.2) is 41.1 Å². The van der Waals surface area contributed by atoms with Gasteiger partial charge in [0.05, 0.1) is 0 Å². The van der Waals surface area contributed by atoms with Crippen molar-refractivity contribution in [2.45, 2.75) is 13.8 Å². The predicted molar refractivity (Wildman–Crippen MR) is 115 cm³/mol. The summed E-state index contributed by atoms with van der Waals surface area (Å²) in [7, 11) is 0. The first kappa shape index (κ1) is 18.5. The monoisotopic (exact) mass is 394 g/mol. The number of benzene rings is 1. The van der Waals surface area contributed by atoms with E-state index < -0.39 is 0 Å². The molecule has 28 heavy (non-hydrogen) atoms. The van der Waals surface area contributed by atoms with Gasteiger partial charge in [-0.3, -0.25) is 0 Å². The molecule has 0 aliphatic carbocycles. The lowest BCUT2D eigenvalue weighted by Gasteiger charge is -2.35. The molecule has 7 heteroatoms. The third kappa shape index (κ3) is 4.17. The Morgan fingerprint density at radius 3 is 2.43 bits per heavy atom. The Hall–Kier alpha value is -2.86. The van der Waals surface area contributed by atoms with Gasteiger partial charge in [0.15, 0.2) is 0 Å². The van der Waals surface area contributed by atoms with Crippen molar-refractivity contribution in [1.29, 1.82) is 0 Å². The number of pyridine rings is 1. The van der Waals surface area contributed by atoms with Gasteiger partial charge in [-0.15, -0.1) is 0 Å². The van der Waals surface area contributed by atoms with Crippen LogP contribution < -0.4 is 15.1 Å². The summed E-state index contributed by atoms with van der Waals surface area (Å²) >= 11 is 6.06. The van der Waals surface area contributed by atoms with Crippen molar-refractivity contribution in [3.05, 3.63) is 64.9 Å². The Kier molecular flexibility index (Phi) is 5.30. The topological polar surface area (TPSA) is 57.2 Å². The van der Waals surface area contributed by atoms with E-state index in [-0.39, 0.29) is 0 Å². The van der Waals surface area contributed by atoms with Gasteiger partial charge >= 0.3 is 0 Å². The van der Waals surface area contributed by atoms with Crippen molar-refractivity contribution >= 4 is 34.9 Å². The van der Waals surface area contributed by atoms with E-state index in [9.17, 15) is 0 Å². The van der Waals surface area contributed by atoms with Gasteiger partial charge in [0.1, 0.15) is 11.6 Å². The van der Waals surface area contributed by atoms with Gasteiger partial charge in [0, 0.05) is 54.8 Å². The molecule has 1 saturated heterocycles. The molecule has 3 aromatic rings. The largest absolute Gasteiger partial charge is 0.353 e. The van der Waals surface area contributed by atoms with Crippen molar-refractivity contribution in [1.82, 2.24) is 15.0 Å². The number of aryl methyl sites for hydroxylation is 2. The summed E-state index contributed by atoms with van der Waals surface area (Å²) < 4.78 is 0. The molecule has 1 aromatic carbocycles. The standard InChI is InChI=1S/C21H23ClN6/c1-15-13-17(22)6-7-18(15)25-19-14-16(2)24-21(26-19)28-11-9-27(10-12-28)20-5-3-4-8-23-20/h3-8,13-14H,9-12H2,1-2H3,(H,24,25,26). The molecule has 1 aliphatic heterocycles. The maximum atomic E-state index is 6.06. The number of hydrogen-bond acceptors (Lipinski definition) is 6. The van der Waals surface area contributed by atoms with Crippen molar-refractivity contribution in [2.75, 3.05) is 41.3 Å². The van der Waals surface area contributed by atoms with Crippen LogP contribution in [0.15, 0.2) is 48.7 Å². The smallest absolute Gasteiger partial charge is 0.227 e. The summed E-state index contributed by atoms with van der Waals surface area (Å²) in [6.07, 6.45) is 1.84. The van der Waals surface area contributed by atoms with Crippen LogP contribution >= 0.6 is 11.6 Å². The molecule has 0 unspecified atom stereocenters. The van der Waals surface area contributed by atoms with Gasteiger partial charge < -0.3 is 15.1 Å². The minimum absolute atomic E-state index is 0.730. The van der Waals surface area contributed by atoms with Crippen molar-refractivity contribution in [3.63, 3.8) is 0 Å². The summed E-state index contributed by atoms with van der Waals surface area (Å²) in [5.41, 5.74) is 3.01. The number of rotatable bonds is 4. The lowest BCUT2D eigenvalue weighted by atomic mass is 10.2. The van der Waals surface area contributed by atoms with Gasteiger partial charge in [0.2, 0.25) is 5.95 Å². The number of aromatic nitrogens is 3. The Morgan fingerprint density at radius 1 is 0.929 bits per heavy atom. The van der Waals surface area contributed by atoms with E-state index in [1.54, 1.807) is 0 Å². The highest BCUT2D eigenvalue weighted by atomic mass is 35.5. The zero-order valence-electron chi connectivity index (χ0n) is 16.1. The number of piperazine rings is 1. The van der Waals surface area contributed by atoms with Crippen LogP contribution in [0.3, 0.4) is 0 Å². The fourth-order valence-corrected chi connectivity index (χ4v) is 3.57. The van der Waals surface area contributed by atoms with Crippen molar-refractivity contribution in [2.24, 2.45) is 0 Å². The van der Waals surface area contributed by atoms with E-state index in [2.05, 4.69) is 31.2 Å². The average Bonchev–Trinajstić information content (AvgIpc) is 2.70. The van der Waals surface area contributed by atoms with E-state index in [1.807, 2.05) is 56.4 Å². The second-order valence-electron chi connectivity index (χ2n) is 6.94. The summed E-state index contributed by atoms with van der Waals surface area (Å²) in [5, 5.41) is 4.13. The first-order chi connectivity index (χ1) is 13.6. The molecule has 0 saturated carbocycles. The predicted octanol–water partition coefficient (Wildman–Crippen LogP) is 4.21. The maximum absolute atomic E-state index is 6.06. The molecule has 1 fully saturated rings. The van der Waals surface area contributed by atoms with E-state index in [0.29, 0.717) is 0 Å². The number of nitrogens with zero attached hydrogens (tertiary/aromatic N) is 5. The summed E-state index contributed by atoms with van der Waals surface area (Å²) in [6, 6.07) is 13.8. The van der Waals surface area contributed by atoms with Gasteiger partial charge in [-0.2, -0.15) is 4.98 Å². The van der Waals surface area contributed by atoms with Crippen molar-refractivity contribution in [3.8, 4) is 0 Å². The fourth-order valence-electron chi connectivity index (χ4n) is 3.34. The minimum atomic E-state index is 0.730. The maximum Gasteiger partial charge on any atom is 0.227 e. The first-order valence-electron chi connectivity index (χ1n) is 9.38. The molecule has 0 amide bonds. The van der Waals surface area contributed by atoms with E-state index in [0.717, 1.165) is 65.7 Å². The lowest BCUT2D eigenvalue weighted by molar-refractivity contribution is 0.634. The van der Waals surface area contributed by atoms with Crippen LogP contribution in [-0.2, 0) is 0 Å². The Bertz CT molecular complexity index is 954. The minimum Gasteiger partial charge on any atom is -0.353 e. The third-order valence-corrected chi connectivity index (χ3v) is 5.06.